The lowest BCUT2D eigenvalue weighted by molar-refractivity contribution is -0.134. The van der Waals surface area contributed by atoms with Crippen molar-refractivity contribution in [2.75, 3.05) is 39.4 Å². The van der Waals surface area contributed by atoms with Crippen LogP contribution in [0.5, 0.6) is 0 Å². The van der Waals surface area contributed by atoms with E-state index in [4.69, 9.17) is 9.15 Å². The normalized spacial score (nSPS) is 18.4. The topological polar surface area (TPSA) is 58.8 Å². The Morgan fingerprint density at radius 3 is 2.71 bits per heavy atom. The summed E-state index contributed by atoms with van der Waals surface area (Å²) in [5.74, 6) is 1.71. The van der Waals surface area contributed by atoms with Crippen molar-refractivity contribution in [2.45, 2.75) is 13.0 Å². The monoisotopic (exact) mass is 327 g/mol. The number of rotatable bonds is 3. The Bertz CT molecular complexity index is 708. The van der Waals surface area contributed by atoms with E-state index in [9.17, 15) is 4.79 Å². The van der Waals surface area contributed by atoms with Crippen molar-refractivity contribution in [1.82, 2.24) is 14.8 Å². The maximum Gasteiger partial charge on any atom is 0.237 e. The van der Waals surface area contributed by atoms with Crippen LogP contribution in [0, 0.1) is 0 Å². The lowest BCUT2D eigenvalue weighted by atomic mass is 10.1. The van der Waals surface area contributed by atoms with Crippen LogP contribution >= 0.6 is 0 Å². The number of carbonyl (C=O) groups is 1. The van der Waals surface area contributed by atoms with Gasteiger partial charge < -0.3 is 14.1 Å². The zero-order valence-electron chi connectivity index (χ0n) is 13.6. The van der Waals surface area contributed by atoms with Crippen molar-refractivity contribution in [3.63, 3.8) is 0 Å². The van der Waals surface area contributed by atoms with E-state index in [0.29, 0.717) is 38.7 Å². The third-order valence-corrected chi connectivity index (χ3v) is 4.56. The fourth-order valence-electron chi connectivity index (χ4n) is 3.17. The molecular formula is C18H21N3O3. The molecule has 3 heterocycles. The van der Waals surface area contributed by atoms with Crippen LogP contribution in [0.1, 0.15) is 11.5 Å². The number of oxazole rings is 1. The smallest absolute Gasteiger partial charge is 0.237 e. The van der Waals surface area contributed by atoms with Crippen LogP contribution in [-0.2, 0) is 22.5 Å². The van der Waals surface area contributed by atoms with Crippen molar-refractivity contribution in [3.05, 3.63) is 41.8 Å². The molecule has 1 amide bonds. The number of hydrogen-bond acceptors (Lipinski definition) is 5. The van der Waals surface area contributed by atoms with Crippen molar-refractivity contribution in [3.8, 4) is 11.5 Å². The van der Waals surface area contributed by atoms with Crippen LogP contribution in [0.25, 0.3) is 11.5 Å². The molecule has 1 aromatic heterocycles. The average molecular weight is 327 g/mol. The van der Waals surface area contributed by atoms with Gasteiger partial charge in [-0.2, -0.15) is 0 Å². The Kier molecular flexibility index (Phi) is 4.32. The van der Waals surface area contributed by atoms with Crippen LogP contribution in [0.15, 0.2) is 34.7 Å². The first-order chi connectivity index (χ1) is 11.8. The molecule has 4 rings (SSSR count). The number of hydrogen-bond donors (Lipinski definition) is 0. The fourth-order valence-corrected chi connectivity index (χ4v) is 3.17. The summed E-state index contributed by atoms with van der Waals surface area (Å²) in [6.45, 7) is 4.76. The third kappa shape index (κ3) is 3.20. The Morgan fingerprint density at radius 1 is 1.12 bits per heavy atom. The van der Waals surface area contributed by atoms with Crippen molar-refractivity contribution < 1.29 is 13.9 Å². The van der Waals surface area contributed by atoms with Gasteiger partial charge in [-0.1, -0.05) is 18.2 Å². The third-order valence-electron chi connectivity index (χ3n) is 4.56. The van der Waals surface area contributed by atoms with Crippen LogP contribution < -0.4 is 0 Å². The highest BCUT2D eigenvalue weighted by Crippen LogP contribution is 2.26. The quantitative estimate of drug-likeness (QED) is 0.856. The second-order valence-electron chi connectivity index (χ2n) is 6.21. The lowest BCUT2D eigenvalue weighted by Gasteiger charge is -2.30. The molecule has 6 heteroatoms. The lowest BCUT2D eigenvalue weighted by Crippen LogP contribution is -2.46. The van der Waals surface area contributed by atoms with E-state index >= 15 is 0 Å². The van der Waals surface area contributed by atoms with Crippen LogP contribution in [0.2, 0.25) is 0 Å². The van der Waals surface area contributed by atoms with E-state index in [1.54, 1.807) is 0 Å². The molecule has 24 heavy (non-hydrogen) atoms. The van der Waals surface area contributed by atoms with Gasteiger partial charge in [0, 0.05) is 31.6 Å². The molecule has 0 spiro atoms. The summed E-state index contributed by atoms with van der Waals surface area (Å²) < 4.78 is 11.2. The predicted molar refractivity (Wildman–Crippen MR) is 88.3 cm³/mol. The molecule has 0 unspecified atom stereocenters. The minimum absolute atomic E-state index is 0.159. The molecule has 0 bridgehead atoms. The first-order valence-corrected chi connectivity index (χ1v) is 8.41. The highest BCUT2D eigenvalue weighted by molar-refractivity contribution is 5.78. The van der Waals surface area contributed by atoms with Gasteiger partial charge in [0.2, 0.25) is 11.8 Å². The number of amides is 1. The largest absolute Gasteiger partial charge is 0.441 e. The molecule has 2 aliphatic rings. The summed E-state index contributed by atoms with van der Waals surface area (Å²) in [6, 6.07) is 9.88. The SMILES string of the molecule is O=C(CN1CCOCC1)N1CCc2oc(-c3ccccc3)nc2C1. The summed E-state index contributed by atoms with van der Waals surface area (Å²) in [5, 5.41) is 0. The van der Waals surface area contributed by atoms with Gasteiger partial charge in [-0.25, -0.2) is 4.98 Å². The molecule has 0 radical (unpaired) electrons. The van der Waals surface area contributed by atoms with Crippen molar-refractivity contribution in [1.29, 1.82) is 0 Å². The standard InChI is InChI=1S/C18H21N3O3/c22-17(13-20-8-10-23-11-9-20)21-7-6-16-15(12-21)19-18(24-16)14-4-2-1-3-5-14/h1-5H,6-13H2. The molecule has 1 saturated heterocycles. The van der Waals surface area contributed by atoms with E-state index in [2.05, 4.69) is 9.88 Å². The molecular weight excluding hydrogens is 306 g/mol. The van der Waals surface area contributed by atoms with Crippen molar-refractivity contribution in [2.24, 2.45) is 0 Å². The molecule has 2 aliphatic heterocycles. The molecule has 1 aromatic carbocycles. The molecule has 1 fully saturated rings. The molecule has 126 valence electrons. The van der Waals surface area contributed by atoms with Crippen LogP contribution in [0.4, 0.5) is 0 Å². The van der Waals surface area contributed by atoms with Gasteiger partial charge in [-0.05, 0) is 12.1 Å². The number of carbonyl (C=O) groups excluding carboxylic acids is 1. The van der Waals surface area contributed by atoms with Crippen LogP contribution in [-0.4, -0.2) is 60.1 Å². The Labute approximate surface area is 141 Å². The second kappa shape index (κ2) is 6.75. The first kappa shape index (κ1) is 15.4. The summed E-state index contributed by atoms with van der Waals surface area (Å²) >= 11 is 0. The zero-order valence-corrected chi connectivity index (χ0v) is 13.6. The van der Waals surface area contributed by atoms with E-state index < -0.39 is 0 Å². The number of nitrogens with zero attached hydrogens (tertiary/aromatic N) is 3. The highest BCUT2D eigenvalue weighted by Gasteiger charge is 2.27. The number of fused-ring (bicyclic) bond motifs is 1. The molecule has 6 nitrogen and oxygen atoms in total. The minimum Gasteiger partial charge on any atom is -0.441 e. The molecule has 0 atom stereocenters. The van der Waals surface area contributed by atoms with Crippen molar-refractivity contribution >= 4 is 5.91 Å². The number of benzene rings is 1. The molecule has 2 aromatic rings. The van der Waals surface area contributed by atoms with Gasteiger partial charge in [0.05, 0.1) is 26.3 Å². The second-order valence-corrected chi connectivity index (χ2v) is 6.21. The van der Waals surface area contributed by atoms with E-state index in [-0.39, 0.29) is 5.91 Å². The summed E-state index contributed by atoms with van der Waals surface area (Å²) in [5.41, 5.74) is 1.86. The molecule has 0 N–H and O–H groups in total. The van der Waals surface area contributed by atoms with E-state index in [0.717, 1.165) is 36.5 Å². The number of aromatic nitrogens is 1. The predicted octanol–water partition coefficient (Wildman–Crippen LogP) is 1.56. The Hall–Kier alpha value is -2.18. The number of ether oxygens (including phenoxy) is 1. The fraction of sp³-hybridized carbons (Fsp3) is 0.444. The molecule has 0 aliphatic carbocycles. The van der Waals surface area contributed by atoms with Gasteiger partial charge in [0.1, 0.15) is 11.5 Å². The maximum absolute atomic E-state index is 12.5. The van der Waals surface area contributed by atoms with E-state index in [1.165, 1.54) is 0 Å². The Balaban J connectivity index is 1.43. The van der Waals surface area contributed by atoms with Gasteiger partial charge in [-0.15, -0.1) is 0 Å². The maximum atomic E-state index is 12.5. The van der Waals surface area contributed by atoms with Gasteiger partial charge in [-0.3, -0.25) is 9.69 Å². The van der Waals surface area contributed by atoms with Crippen LogP contribution in [0.3, 0.4) is 0 Å². The Morgan fingerprint density at radius 2 is 1.92 bits per heavy atom. The summed E-state index contributed by atoms with van der Waals surface area (Å²) in [7, 11) is 0. The molecule has 0 saturated carbocycles. The summed E-state index contributed by atoms with van der Waals surface area (Å²) in [4.78, 5) is 21.2. The first-order valence-electron chi connectivity index (χ1n) is 8.41. The highest BCUT2D eigenvalue weighted by atomic mass is 16.5. The zero-order chi connectivity index (χ0) is 16.4. The minimum atomic E-state index is 0.159. The number of morpholine rings is 1. The summed E-state index contributed by atoms with van der Waals surface area (Å²) in [6.07, 6.45) is 0.726. The van der Waals surface area contributed by atoms with Gasteiger partial charge in [0.15, 0.2) is 0 Å². The van der Waals surface area contributed by atoms with E-state index in [1.807, 2.05) is 35.2 Å². The average Bonchev–Trinajstić information content (AvgIpc) is 3.06. The van der Waals surface area contributed by atoms with Gasteiger partial charge in [0.25, 0.3) is 0 Å². The van der Waals surface area contributed by atoms with Gasteiger partial charge >= 0.3 is 0 Å².